The second-order valence-corrected chi connectivity index (χ2v) is 7.26. The topological polar surface area (TPSA) is 52.7 Å². The molecule has 2 saturated heterocycles. The van der Waals surface area contributed by atoms with Gasteiger partial charge >= 0.3 is 0 Å². The van der Waals surface area contributed by atoms with E-state index in [4.69, 9.17) is 0 Å². The molecule has 144 valence electrons. The number of aryl methyl sites for hydroxylation is 1. The molecule has 6 heteroatoms. The van der Waals surface area contributed by atoms with Gasteiger partial charge in [-0.05, 0) is 49.9 Å². The van der Waals surface area contributed by atoms with Crippen molar-refractivity contribution in [2.24, 2.45) is 5.92 Å². The van der Waals surface area contributed by atoms with Crippen molar-refractivity contribution in [1.82, 2.24) is 15.1 Å². The van der Waals surface area contributed by atoms with E-state index in [1.54, 1.807) is 0 Å². The highest BCUT2D eigenvalue weighted by Crippen LogP contribution is 2.16. The number of carbonyl (C=O) groups excluding carboxylic acids is 2. The minimum Gasteiger partial charge on any atom is -0.339 e. The van der Waals surface area contributed by atoms with Crippen LogP contribution < -0.4 is 5.32 Å². The first kappa shape index (κ1) is 20.7. The largest absolute Gasteiger partial charge is 0.339 e. The Balaban J connectivity index is 0.00000243. The van der Waals surface area contributed by atoms with E-state index >= 15 is 0 Å². The van der Waals surface area contributed by atoms with Gasteiger partial charge in [0.25, 0.3) is 0 Å². The van der Waals surface area contributed by atoms with Crippen LogP contribution >= 0.6 is 12.4 Å². The number of amides is 2. The van der Waals surface area contributed by atoms with E-state index in [-0.39, 0.29) is 24.2 Å². The lowest BCUT2D eigenvalue weighted by atomic mass is 10.0. The molecule has 1 atom stereocenters. The third-order valence-electron chi connectivity index (χ3n) is 5.52. The summed E-state index contributed by atoms with van der Waals surface area (Å²) >= 11 is 0. The van der Waals surface area contributed by atoms with Crippen molar-refractivity contribution in [1.29, 1.82) is 0 Å². The number of halogens is 1. The number of piperazine rings is 1. The van der Waals surface area contributed by atoms with Crippen LogP contribution in [-0.2, 0) is 16.0 Å². The fourth-order valence-corrected chi connectivity index (χ4v) is 3.73. The minimum atomic E-state index is 0. The van der Waals surface area contributed by atoms with E-state index in [0.29, 0.717) is 44.9 Å². The molecule has 2 amide bonds. The fourth-order valence-electron chi connectivity index (χ4n) is 3.73. The Morgan fingerprint density at radius 3 is 2.35 bits per heavy atom. The van der Waals surface area contributed by atoms with Gasteiger partial charge in [-0.15, -0.1) is 12.4 Å². The van der Waals surface area contributed by atoms with Gasteiger partial charge in [0.15, 0.2) is 0 Å². The summed E-state index contributed by atoms with van der Waals surface area (Å²) in [6.07, 6.45) is 3.27. The van der Waals surface area contributed by atoms with Crippen LogP contribution in [0.25, 0.3) is 0 Å². The van der Waals surface area contributed by atoms with Gasteiger partial charge < -0.3 is 15.1 Å². The summed E-state index contributed by atoms with van der Waals surface area (Å²) in [4.78, 5) is 28.7. The molecule has 26 heavy (non-hydrogen) atoms. The smallest absolute Gasteiger partial charge is 0.227 e. The fraction of sp³-hybridized carbons (Fsp3) is 0.600. The highest BCUT2D eigenvalue weighted by atomic mass is 35.5. The molecule has 0 bridgehead atoms. The second-order valence-electron chi connectivity index (χ2n) is 7.26. The first-order valence-corrected chi connectivity index (χ1v) is 9.44. The second kappa shape index (κ2) is 9.93. The van der Waals surface area contributed by atoms with Crippen molar-refractivity contribution in [3.63, 3.8) is 0 Å². The van der Waals surface area contributed by atoms with Crippen LogP contribution in [0, 0.1) is 12.8 Å². The molecule has 0 saturated carbocycles. The van der Waals surface area contributed by atoms with Crippen molar-refractivity contribution in [2.45, 2.75) is 32.6 Å². The quantitative estimate of drug-likeness (QED) is 0.851. The van der Waals surface area contributed by atoms with E-state index in [0.717, 1.165) is 30.6 Å². The average molecular weight is 380 g/mol. The van der Waals surface area contributed by atoms with E-state index in [9.17, 15) is 9.59 Å². The summed E-state index contributed by atoms with van der Waals surface area (Å²) in [5.74, 6) is 1.07. The van der Waals surface area contributed by atoms with Gasteiger partial charge in [0.2, 0.25) is 11.8 Å². The van der Waals surface area contributed by atoms with Gasteiger partial charge in [-0.1, -0.05) is 24.3 Å². The third-order valence-corrected chi connectivity index (χ3v) is 5.52. The van der Waals surface area contributed by atoms with E-state index in [1.807, 2.05) is 41.0 Å². The maximum Gasteiger partial charge on any atom is 0.227 e. The molecule has 3 rings (SSSR count). The first-order chi connectivity index (χ1) is 12.1. The Morgan fingerprint density at radius 2 is 1.73 bits per heavy atom. The Kier molecular flexibility index (Phi) is 7.91. The van der Waals surface area contributed by atoms with Gasteiger partial charge in [0, 0.05) is 32.6 Å². The number of rotatable bonds is 5. The van der Waals surface area contributed by atoms with Crippen molar-refractivity contribution in [3.8, 4) is 0 Å². The van der Waals surface area contributed by atoms with Gasteiger partial charge in [-0.2, -0.15) is 0 Å². The third kappa shape index (κ3) is 5.45. The summed E-state index contributed by atoms with van der Waals surface area (Å²) in [5.41, 5.74) is 2.25. The zero-order valence-electron chi connectivity index (χ0n) is 15.6. The van der Waals surface area contributed by atoms with Crippen LogP contribution in [0.4, 0.5) is 0 Å². The van der Waals surface area contributed by atoms with E-state index in [2.05, 4.69) is 5.32 Å². The van der Waals surface area contributed by atoms with Gasteiger partial charge in [0.1, 0.15) is 0 Å². The Labute approximate surface area is 162 Å². The SMILES string of the molecule is Cc1ccccc1CC(=O)N1CCN(C(=O)CCC2CCNC2)CC1.Cl. The van der Waals surface area contributed by atoms with Gasteiger partial charge in [-0.3, -0.25) is 9.59 Å². The Morgan fingerprint density at radius 1 is 1.08 bits per heavy atom. The number of hydrogen-bond donors (Lipinski definition) is 1. The molecule has 2 aliphatic heterocycles. The zero-order chi connectivity index (χ0) is 17.6. The van der Waals surface area contributed by atoms with E-state index < -0.39 is 0 Å². The maximum absolute atomic E-state index is 12.5. The number of benzene rings is 1. The predicted molar refractivity (Wildman–Crippen MR) is 106 cm³/mol. The molecule has 1 unspecified atom stereocenters. The molecule has 2 aliphatic rings. The van der Waals surface area contributed by atoms with Crippen LogP contribution in [-0.4, -0.2) is 60.9 Å². The minimum absolute atomic E-state index is 0. The van der Waals surface area contributed by atoms with Crippen LogP contribution in [0.15, 0.2) is 24.3 Å². The summed E-state index contributed by atoms with van der Waals surface area (Å²) in [6.45, 7) is 6.82. The highest BCUT2D eigenvalue weighted by molar-refractivity contribution is 5.85. The van der Waals surface area contributed by atoms with E-state index in [1.165, 1.54) is 6.42 Å². The standard InChI is InChI=1S/C20H29N3O2.ClH/c1-16-4-2-3-5-18(16)14-20(25)23-12-10-22(11-13-23)19(24)7-6-17-8-9-21-15-17;/h2-5,17,21H,6-15H2,1H3;1H. The molecule has 0 aliphatic carbocycles. The number of carbonyl (C=O) groups is 2. The number of nitrogens with one attached hydrogen (secondary N) is 1. The normalized spacial score (nSPS) is 20.0. The lowest BCUT2D eigenvalue weighted by Gasteiger charge is -2.35. The molecule has 2 heterocycles. The lowest BCUT2D eigenvalue weighted by molar-refractivity contribution is -0.139. The number of hydrogen-bond acceptors (Lipinski definition) is 3. The molecule has 5 nitrogen and oxygen atoms in total. The van der Waals surface area contributed by atoms with Crippen molar-refractivity contribution < 1.29 is 9.59 Å². The van der Waals surface area contributed by atoms with Gasteiger partial charge in [-0.25, -0.2) is 0 Å². The highest BCUT2D eigenvalue weighted by Gasteiger charge is 2.25. The first-order valence-electron chi connectivity index (χ1n) is 9.44. The van der Waals surface area contributed by atoms with Gasteiger partial charge in [0.05, 0.1) is 6.42 Å². The monoisotopic (exact) mass is 379 g/mol. The average Bonchev–Trinajstić information content (AvgIpc) is 3.15. The molecular weight excluding hydrogens is 350 g/mol. The van der Waals surface area contributed by atoms with Crippen LogP contribution in [0.3, 0.4) is 0 Å². The van der Waals surface area contributed by atoms with Crippen molar-refractivity contribution in [3.05, 3.63) is 35.4 Å². The summed E-state index contributed by atoms with van der Waals surface area (Å²) in [6, 6.07) is 8.03. The molecule has 1 aromatic rings. The summed E-state index contributed by atoms with van der Waals surface area (Å²) in [5, 5.41) is 3.35. The molecule has 1 aromatic carbocycles. The number of nitrogens with zero attached hydrogens (tertiary/aromatic N) is 2. The predicted octanol–water partition coefficient (Wildman–Crippen LogP) is 2.02. The molecule has 2 fully saturated rings. The summed E-state index contributed by atoms with van der Waals surface area (Å²) < 4.78 is 0. The van der Waals surface area contributed by atoms with Crippen molar-refractivity contribution in [2.75, 3.05) is 39.3 Å². The van der Waals surface area contributed by atoms with Crippen LogP contribution in [0.5, 0.6) is 0 Å². The molecule has 0 spiro atoms. The zero-order valence-corrected chi connectivity index (χ0v) is 16.4. The molecule has 0 radical (unpaired) electrons. The molecular formula is C20H30ClN3O2. The lowest BCUT2D eigenvalue weighted by Crippen LogP contribution is -2.51. The molecule has 1 N–H and O–H groups in total. The summed E-state index contributed by atoms with van der Waals surface area (Å²) in [7, 11) is 0. The maximum atomic E-state index is 12.5. The Bertz CT molecular complexity index is 609. The van der Waals surface area contributed by atoms with Crippen LogP contribution in [0.1, 0.15) is 30.4 Å². The van der Waals surface area contributed by atoms with Crippen LogP contribution in [0.2, 0.25) is 0 Å². The molecule has 0 aromatic heterocycles. The Hall–Kier alpha value is -1.59. The van der Waals surface area contributed by atoms with Crippen molar-refractivity contribution >= 4 is 24.2 Å².